The van der Waals surface area contributed by atoms with Crippen LogP contribution in [0.25, 0.3) is 0 Å². The van der Waals surface area contributed by atoms with Gasteiger partial charge in [-0.05, 0) is 20.3 Å². The lowest BCUT2D eigenvalue weighted by Crippen LogP contribution is -2.34. The fourth-order valence-electron chi connectivity index (χ4n) is 1.48. The quantitative estimate of drug-likeness (QED) is 0.819. The average Bonchev–Trinajstić information content (AvgIpc) is 2.50. The number of aliphatic carboxylic acids is 1. The van der Waals surface area contributed by atoms with Crippen LogP contribution in [0.4, 0.5) is 0 Å². The van der Waals surface area contributed by atoms with Crippen molar-refractivity contribution in [3.05, 3.63) is 22.9 Å². The lowest BCUT2D eigenvalue weighted by Gasteiger charge is -2.18. The van der Waals surface area contributed by atoms with Crippen LogP contribution in [0.1, 0.15) is 27.2 Å². The third-order valence-corrected chi connectivity index (χ3v) is 2.53. The number of aryl methyl sites for hydroxylation is 1. The minimum atomic E-state index is -0.928. The van der Waals surface area contributed by atoms with Crippen LogP contribution in [-0.4, -0.2) is 20.2 Å². The molecular formula is C11H18N2O3. The van der Waals surface area contributed by atoms with Gasteiger partial charge in [-0.25, -0.2) is 4.79 Å². The third kappa shape index (κ3) is 2.53. The summed E-state index contributed by atoms with van der Waals surface area (Å²) < 4.78 is 3.04. The second-order valence-electron chi connectivity index (χ2n) is 4.59. The van der Waals surface area contributed by atoms with E-state index in [4.69, 9.17) is 5.11 Å². The van der Waals surface area contributed by atoms with E-state index >= 15 is 0 Å². The lowest BCUT2D eigenvalue weighted by molar-refractivity contribution is -0.147. The summed E-state index contributed by atoms with van der Waals surface area (Å²) in [6, 6.07) is 0. The highest BCUT2D eigenvalue weighted by Crippen LogP contribution is 2.17. The van der Waals surface area contributed by atoms with Crippen molar-refractivity contribution in [1.82, 2.24) is 9.13 Å². The van der Waals surface area contributed by atoms with Crippen molar-refractivity contribution < 1.29 is 9.90 Å². The molecule has 1 N–H and O–H groups in total. The molecule has 0 aliphatic carbocycles. The standard InChI is InChI=1S/C11H18N2O3/c1-4-5-12-6-7-13(10(12)16)8-11(2,3)9(14)15/h6-7H,4-5,8H2,1-3H3,(H,14,15). The third-order valence-electron chi connectivity index (χ3n) is 2.53. The molecule has 0 atom stereocenters. The van der Waals surface area contributed by atoms with Crippen molar-refractivity contribution in [2.24, 2.45) is 5.41 Å². The van der Waals surface area contributed by atoms with E-state index < -0.39 is 11.4 Å². The highest BCUT2D eigenvalue weighted by atomic mass is 16.4. The first kappa shape index (κ1) is 12.5. The lowest BCUT2D eigenvalue weighted by atomic mass is 9.94. The minimum absolute atomic E-state index is 0.142. The van der Waals surface area contributed by atoms with Gasteiger partial charge in [0.25, 0.3) is 0 Å². The Bertz CT molecular complexity index is 429. The van der Waals surface area contributed by atoms with Gasteiger partial charge in [0.15, 0.2) is 0 Å². The molecule has 0 aromatic carbocycles. The highest BCUT2D eigenvalue weighted by Gasteiger charge is 2.28. The number of hydrogen-bond donors (Lipinski definition) is 1. The van der Waals surface area contributed by atoms with Gasteiger partial charge in [-0.1, -0.05) is 6.92 Å². The molecule has 1 rings (SSSR count). The topological polar surface area (TPSA) is 64.2 Å². The zero-order valence-corrected chi connectivity index (χ0v) is 9.93. The van der Waals surface area contributed by atoms with E-state index in [0.29, 0.717) is 6.54 Å². The van der Waals surface area contributed by atoms with Gasteiger partial charge in [-0.15, -0.1) is 0 Å². The molecule has 0 radical (unpaired) electrons. The van der Waals surface area contributed by atoms with Crippen LogP contribution >= 0.6 is 0 Å². The van der Waals surface area contributed by atoms with Gasteiger partial charge in [0.1, 0.15) is 0 Å². The number of carbonyl (C=O) groups is 1. The van der Waals surface area contributed by atoms with Crippen molar-refractivity contribution in [3.63, 3.8) is 0 Å². The van der Waals surface area contributed by atoms with Crippen LogP contribution in [0.5, 0.6) is 0 Å². The summed E-state index contributed by atoms with van der Waals surface area (Å²) in [5, 5.41) is 8.98. The summed E-state index contributed by atoms with van der Waals surface area (Å²) in [5.41, 5.74) is -1.07. The van der Waals surface area contributed by atoms with Crippen LogP contribution in [0.3, 0.4) is 0 Å². The number of carboxylic acid groups (broad SMARTS) is 1. The predicted octanol–water partition coefficient (Wildman–Crippen LogP) is 1.17. The Labute approximate surface area is 94.3 Å². The molecule has 0 aliphatic rings. The Morgan fingerprint density at radius 1 is 1.38 bits per heavy atom. The molecule has 0 saturated carbocycles. The minimum Gasteiger partial charge on any atom is -0.481 e. The van der Waals surface area contributed by atoms with Crippen molar-refractivity contribution in [3.8, 4) is 0 Å². The van der Waals surface area contributed by atoms with E-state index in [1.165, 1.54) is 4.57 Å². The number of nitrogens with zero attached hydrogens (tertiary/aromatic N) is 2. The van der Waals surface area contributed by atoms with Crippen molar-refractivity contribution in [2.75, 3.05) is 0 Å². The normalized spacial score (nSPS) is 11.7. The van der Waals surface area contributed by atoms with E-state index in [0.717, 1.165) is 6.42 Å². The second kappa shape index (κ2) is 4.55. The second-order valence-corrected chi connectivity index (χ2v) is 4.59. The maximum Gasteiger partial charge on any atom is 0.328 e. The molecule has 0 fully saturated rings. The van der Waals surface area contributed by atoms with E-state index in [2.05, 4.69) is 0 Å². The van der Waals surface area contributed by atoms with Crippen LogP contribution in [0.15, 0.2) is 17.2 Å². The zero-order valence-electron chi connectivity index (χ0n) is 9.93. The Morgan fingerprint density at radius 2 is 1.94 bits per heavy atom. The monoisotopic (exact) mass is 226 g/mol. The molecule has 0 amide bonds. The molecule has 16 heavy (non-hydrogen) atoms. The maximum atomic E-state index is 11.8. The van der Waals surface area contributed by atoms with Gasteiger partial charge in [0.05, 0.1) is 5.41 Å². The first-order valence-electron chi connectivity index (χ1n) is 5.37. The van der Waals surface area contributed by atoms with Crippen LogP contribution in [0.2, 0.25) is 0 Å². The van der Waals surface area contributed by atoms with Crippen molar-refractivity contribution in [1.29, 1.82) is 0 Å². The van der Waals surface area contributed by atoms with E-state index in [1.807, 2.05) is 6.92 Å². The average molecular weight is 226 g/mol. The molecule has 0 spiro atoms. The van der Waals surface area contributed by atoms with E-state index in [1.54, 1.807) is 30.8 Å². The molecule has 1 aromatic heterocycles. The Hall–Kier alpha value is -1.52. The summed E-state index contributed by atoms with van der Waals surface area (Å²) in [7, 11) is 0. The van der Waals surface area contributed by atoms with Crippen molar-refractivity contribution in [2.45, 2.75) is 40.3 Å². The number of hydrogen-bond acceptors (Lipinski definition) is 2. The molecular weight excluding hydrogens is 208 g/mol. The molecule has 90 valence electrons. The Morgan fingerprint density at radius 3 is 2.44 bits per heavy atom. The molecule has 0 bridgehead atoms. The number of imidazole rings is 1. The highest BCUT2D eigenvalue weighted by molar-refractivity contribution is 5.73. The van der Waals surface area contributed by atoms with Gasteiger partial charge >= 0.3 is 11.7 Å². The van der Waals surface area contributed by atoms with Crippen LogP contribution < -0.4 is 5.69 Å². The fraction of sp³-hybridized carbons (Fsp3) is 0.636. The zero-order chi connectivity index (χ0) is 12.3. The fourth-order valence-corrected chi connectivity index (χ4v) is 1.48. The summed E-state index contributed by atoms with van der Waals surface area (Å²) >= 11 is 0. The first-order valence-corrected chi connectivity index (χ1v) is 5.37. The van der Waals surface area contributed by atoms with Gasteiger partial charge < -0.3 is 5.11 Å². The number of carboxylic acids is 1. The van der Waals surface area contributed by atoms with Crippen molar-refractivity contribution >= 4 is 5.97 Å². The molecule has 5 heteroatoms. The van der Waals surface area contributed by atoms with Gasteiger partial charge in [-0.2, -0.15) is 0 Å². The number of aromatic nitrogens is 2. The smallest absolute Gasteiger partial charge is 0.328 e. The molecule has 1 aromatic rings. The molecule has 0 unspecified atom stereocenters. The summed E-state index contributed by atoms with van der Waals surface area (Å²) in [6.45, 7) is 6.07. The van der Waals surface area contributed by atoms with Gasteiger partial charge in [-0.3, -0.25) is 13.9 Å². The summed E-state index contributed by atoms with van der Waals surface area (Å²) in [4.78, 5) is 22.7. The summed E-state index contributed by atoms with van der Waals surface area (Å²) in [6.07, 6.45) is 4.22. The Kier molecular flexibility index (Phi) is 3.57. The first-order chi connectivity index (χ1) is 7.38. The van der Waals surface area contributed by atoms with E-state index in [9.17, 15) is 9.59 Å². The largest absolute Gasteiger partial charge is 0.481 e. The predicted molar refractivity (Wildman–Crippen MR) is 60.4 cm³/mol. The maximum absolute atomic E-state index is 11.8. The van der Waals surface area contributed by atoms with Crippen LogP contribution in [0, 0.1) is 5.41 Å². The van der Waals surface area contributed by atoms with Gasteiger partial charge in [0.2, 0.25) is 0 Å². The van der Waals surface area contributed by atoms with Crippen LogP contribution in [-0.2, 0) is 17.9 Å². The van der Waals surface area contributed by atoms with E-state index in [-0.39, 0.29) is 12.2 Å². The molecule has 0 saturated heterocycles. The molecule has 0 aliphatic heterocycles. The molecule has 5 nitrogen and oxygen atoms in total. The number of rotatable bonds is 5. The van der Waals surface area contributed by atoms with Gasteiger partial charge in [0, 0.05) is 25.5 Å². The Balaban J connectivity index is 2.91. The SMILES string of the molecule is CCCn1ccn(CC(C)(C)C(=O)O)c1=O. The summed E-state index contributed by atoms with van der Waals surface area (Å²) in [5.74, 6) is -0.900. The molecule has 1 heterocycles.